The van der Waals surface area contributed by atoms with Gasteiger partial charge in [0, 0.05) is 10.9 Å². The number of aromatic nitrogens is 1. The van der Waals surface area contributed by atoms with Gasteiger partial charge in [-0.05, 0) is 12.5 Å². The summed E-state index contributed by atoms with van der Waals surface area (Å²) in [7, 11) is 1.37. The highest BCUT2D eigenvalue weighted by Crippen LogP contribution is 2.27. The fourth-order valence-electron chi connectivity index (χ4n) is 1.30. The largest absolute Gasteiger partial charge is 0.481 e. The van der Waals surface area contributed by atoms with Gasteiger partial charge in [0.25, 0.3) is 0 Å². The molecule has 0 bridgehead atoms. The lowest BCUT2D eigenvalue weighted by Gasteiger charge is -2.18. The lowest BCUT2D eigenvalue weighted by Crippen LogP contribution is -2.19. The third-order valence-corrected chi connectivity index (χ3v) is 2.58. The van der Waals surface area contributed by atoms with Crippen LogP contribution in [0.1, 0.15) is 18.1 Å². The van der Waals surface area contributed by atoms with Crippen LogP contribution in [0, 0.1) is 5.82 Å². The summed E-state index contributed by atoms with van der Waals surface area (Å²) in [6.45, 7) is 0. The molecular weight excluding hydrogens is 281 g/mol. The minimum atomic E-state index is -1.21. The summed E-state index contributed by atoms with van der Waals surface area (Å²) in [5.74, 6) is -0.469. The predicted octanol–water partition coefficient (Wildman–Crippen LogP) is 1.41. The average Bonchev–Trinajstić information content (AvgIpc) is 2.28. The second kappa shape index (κ2) is 6.12. The van der Waals surface area contributed by atoms with Crippen LogP contribution in [0.15, 0.2) is 12.3 Å². The van der Waals surface area contributed by atoms with Gasteiger partial charge in [0.1, 0.15) is 11.9 Å². The molecule has 0 aromatic carbocycles. The molecule has 4 nitrogen and oxygen atoms in total. The lowest BCUT2D eigenvalue weighted by molar-refractivity contribution is 0.0155. The van der Waals surface area contributed by atoms with E-state index in [1.807, 2.05) is 0 Å². The Labute approximate surface area is 101 Å². The van der Waals surface area contributed by atoms with Crippen molar-refractivity contribution in [3.63, 3.8) is 0 Å². The molecule has 6 heteroatoms. The molecule has 1 aromatic heterocycles. The van der Waals surface area contributed by atoms with Crippen LogP contribution < -0.4 is 4.74 Å². The molecule has 0 saturated heterocycles. The summed E-state index contributed by atoms with van der Waals surface area (Å²) in [6, 6.07) is 1.11. The van der Waals surface area contributed by atoms with Crippen LogP contribution in [-0.2, 0) is 0 Å². The first-order valence-corrected chi connectivity index (χ1v) is 5.83. The van der Waals surface area contributed by atoms with Gasteiger partial charge in [-0.15, -0.1) is 0 Å². The normalized spacial score (nSPS) is 14.6. The number of nitrogens with zero attached hydrogens (tertiary/aromatic N) is 1. The molecule has 1 rings (SSSR count). The molecule has 1 aromatic rings. The first kappa shape index (κ1) is 13.3. The standard InChI is InChI=1S/C10H13BrFNO3/c1-16-10-7(4-6(12)5-13-10)9(15)8(14)2-3-11/h4-5,8-9,14-15H,2-3H2,1H3. The maximum absolute atomic E-state index is 13.0. The number of aliphatic hydroxyl groups excluding tert-OH is 2. The Morgan fingerprint density at radius 3 is 2.81 bits per heavy atom. The highest BCUT2D eigenvalue weighted by molar-refractivity contribution is 9.09. The number of rotatable bonds is 5. The molecule has 0 aliphatic carbocycles. The minimum Gasteiger partial charge on any atom is -0.481 e. The Kier molecular flexibility index (Phi) is 5.11. The number of ether oxygens (including phenoxy) is 1. The minimum absolute atomic E-state index is 0.113. The van der Waals surface area contributed by atoms with E-state index in [0.717, 1.165) is 12.3 Å². The van der Waals surface area contributed by atoms with Gasteiger partial charge in [-0.2, -0.15) is 0 Å². The molecule has 90 valence electrons. The Morgan fingerprint density at radius 1 is 1.56 bits per heavy atom. The van der Waals surface area contributed by atoms with Crippen molar-refractivity contribution in [2.75, 3.05) is 12.4 Å². The fourth-order valence-corrected chi connectivity index (χ4v) is 1.77. The van der Waals surface area contributed by atoms with Crippen LogP contribution in [0.2, 0.25) is 0 Å². The summed E-state index contributed by atoms with van der Waals surface area (Å²) in [6.07, 6.45) is -0.861. The second-order valence-corrected chi connectivity index (χ2v) is 4.03. The molecule has 0 aliphatic rings. The van der Waals surface area contributed by atoms with Crippen LogP contribution in [0.3, 0.4) is 0 Å². The van der Waals surface area contributed by atoms with Crippen molar-refractivity contribution in [1.29, 1.82) is 0 Å². The molecule has 0 spiro atoms. The van der Waals surface area contributed by atoms with Crippen LogP contribution in [0.4, 0.5) is 4.39 Å². The molecule has 0 saturated carbocycles. The molecule has 2 unspecified atom stereocenters. The molecule has 0 amide bonds. The smallest absolute Gasteiger partial charge is 0.219 e. The number of hydrogen-bond acceptors (Lipinski definition) is 4. The van der Waals surface area contributed by atoms with Gasteiger partial charge in [-0.25, -0.2) is 9.37 Å². The average molecular weight is 294 g/mol. The number of pyridine rings is 1. The SMILES string of the molecule is COc1ncc(F)cc1C(O)C(O)CCBr. The van der Waals surface area contributed by atoms with Crippen molar-refractivity contribution in [3.05, 3.63) is 23.6 Å². The molecule has 2 atom stereocenters. The first-order valence-electron chi connectivity index (χ1n) is 4.71. The van der Waals surface area contributed by atoms with E-state index in [1.54, 1.807) is 0 Å². The first-order chi connectivity index (χ1) is 7.60. The molecule has 1 heterocycles. The van der Waals surface area contributed by atoms with E-state index < -0.39 is 18.0 Å². The van der Waals surface area contributed by atoms with Gasteiger partial charge in [0.05, 0.1) is 19.4 Å². The van der Waals surface area contributed by atoms with Crippen LogP contribution >= 0.6 is 15.9 Å². The zero-order valence-corrected chi connectivity index (χ0v) is 10.3. The predicted molar refractivity (Wildman–Crippen MR) is 60.1 cm³/mol. The summed E-state index contributed by atoms with van der Waals surface area (Å²) in [5, 5.41) is 19.9. The third-order valence-electron chi connectivity index (χ3n) is 2.13. The van der Waals surface area contributed by atoms with Crippen molar-refractivity contribution in [2.45, 2.75) is 18.6 Å². The van der Waals surface area contributed by atoms with Crippen molar-refractivity contribution < 1.29 is 19.3 Å². The van der Waals surface area contributed by atoms with E-state index in [9.17, 15) is 14.6 Å². The summed E-state index contributed by atoms with van der Waals surface area (Å²) in [4.78, 5) is 3.68. The zero-order chi connectivity index (χ0) is 12.1. The summed E-state index contributed by atoms with van der Waals surface area (Å²) in [5.41, 5.74) is 0.149. The van der Waals surface area contributed by atoms with Crippen LogP contribution in [0.5, 0.6) is 5.88 Å². The maximum Gasteiger partial charge on any atom is 0.219 e. The van der Waals surface area contributed by atoms with Crippen LogP contribution in [-0.4, -0.2) is 33.7 Å². The Morgan fingerprint density at radius 2 is 2.25 bits per heavy atom. The van der Waals surface area contributed by atoms with Gasteiger partial charge >= 0.3 is 0 Å². The van der Waals surface area contributed by atoms with Crippen molar-refractivity contribution in [3.8, 4) is 5.88 Å². The quantitative estimate of drug-likeness (QED) is 0.806. The zero-order valence-electron chi connectivity index (χ0n) is 8.73. The lowest BCUT2D eigenvalue weighted by atomic mass is 10.0. The molecule has 0 fully saturated rings. The van der Waals surface area contributed by atoms with Gasteiger partial charge in [0.15, 0.2) is 0 Å². The number of halogens is 2. The van der Waals surface area contributed by atoms with E-state index in [-0.39, 0.29) is 11.4 Å². The Hall–Kier alpha value is -0.720. The highest BCUT2D eigenvalue weighted by atomic mass is 79.9. The van der Waals surface area contributed by atoms with Gasteiger partial charge in [0.2, 0.25) is 5.88 Å². The number of aliphatic hydroxyl groups is 2. The number of hydrogen-bond donors (Lipinski definition) is 2. The number of alkyl halides is 1. The van der Waals surface area contributed by atoms with E-state index in [2.05, 4.69) is 20.9 Å². The summed E-state index contributed by atoms with van der Waals surface area (Å²) >= 11 is 3.15. The van der Waals surface area contributed by atoms with E-state index in [4.69, 9.17) is 4.74 Å². The van der Waals surface area contributed by atoms with Gasteiger partial charge < -0.3 is 14.9 Å². The van der Waals surface area contributed by atoms with Gasteiger partial charge in [-0.1, -0.05) is 15.9 Å². The topological polar surface area (TPSA) is 62.6 Å². The third kappa shape index (κ3) is 3.13. The van der Waals surface area contributed by atoms with Crippen molar-refractivity contribution in [1.82, 2.24) is 4.98 Å². The van der Waals surface area contributed by atoms with Crippen molar-refractivity contribution >= 4 is 15.9 Å². The van der Waals surface area contributed by atoms with Crippen molar-refractivity contribution in [2.24, 2.45) is 0 Å². The Balaban J connectivity index is 2.96. The molecule has 0 aliphatic heterocycles. The van der Waals surface area contributed by atoms with E-state index >= 15 is 0 Å². The van der Waals surface area contributed by atoms with Crippen LogP contribution in [0.25, 0.3) is 0 Å². The molecular formula is C10H13BrFNO3. The van der Waals surface area contributed by atoms with E-state index in [1.165, 1.54) is 7.11 Å². The van der Waals surface area contributed by atoms with E-state index in [0.29, 0.717) is 11.8 Å². The Bertz CT molecular complexity index is 351. The number of methoxy groups -OCH3 is 1. The van der Waals surface area contributed by atoms with Gasteiger partial charge in [-0.3, -0.25) is 0 Å². The molecule has 16 heavy (non-hydrogen) atoms. The fraction of sp³-hybridized carbons (Fsp3) is 0.500. The molecule has 0 radical (unpaired) electrons. The second-order valence-electron chi connectivity index (χ2n) is 3.24. The maximum atomic E-state index is 13.0. The monoisotopic (exact) mass is 293 g/mol. The summed E-state index contributed by atoms with van der Waals surface area (Å²) < 4.78 is 17.9. The highest BCUT2D eigenvalue weighted by Gasteiger charge is 2.22. The molecule has 2 N–H and O–H groups in total.